The Morgan fingerprint density at radius 3 is 2.83 bits per heavy atom. The summed E-state index contributed by atoms with van der Waals surface area (Å²) < 4.78 is 16.4. The molecule has 3 rings (SSSR count). The van der Waals surface area contributed by atoms with Gasteiger partial charge in [0.05, 0.1) is 18.8 Å². The molecule has 6 heteroatoms. The molecule has 1 aromatic carbocycles. The lowest BCUT2D eigenvalue weighted by molar-refractivity contribution is -0.0189. The number of ether oxygens (including phenoxy) is 2. The summed E-state index contributed by atoms with van der Waals surface area (Å²) >= 11 is 0. The molecule has 1 fully saturated rings. The van der Waals surface area contributed by atoms with Crippen LogP contribution in [0.25, 0.3) is 0 Å². The van der Waals surface area contributed by atoms with Crippen LogP contribution in [0.2, 0.25) is 0 Å². The highest BCUT2D eigenvalue weighted by molar-refractivity contribution is 5.67. The molecule has 1 aliphatic heterocycles. The Balaban J connectivity index is 1.41. The smallest absolute Gasteiger partial charge is 0.407 e. The van der Waals surface area contributed by atoms with Crippen molar-refractivity contribution in [2.75, 3.05) is 6.61 Å². The molecule has 1 N–H and O–H groups in total. The van der Waals surface area contributed by atoms with E-state index >= 15 is 0 Å². The zero-order chi connectivity index (χ0) is 16.1. The average molecular weight is 316 g/mol. The van der Waals surface area contributed by atoms with Gasteiger partial charge in [0.2, 0.25) is 5.89 Å². The van der Waals surface area contributed by atoms with Crippen LogP contribution in [0.1, 0.15) is 36.2 Å². The largest absolute Gasteiger partial charge is 0.445 e. The quantitative estimate of drug-likeness (QED) is 0.938. The summed E-state index contributed by atoms with van der Waals surface area (Å²) in [5.74, 6) is 1.38. The second-order valence-corrected chi connectivity index (χ2v) is 5.61. The van der Waals surface area contributed by atoms with Crippen LogP contribution >= 0.6 is 0 Å². The van der Waals surface area contributed by atoms with E-state index < -0.39 is 6.09 Å². The van der Waals surface area contributed by atoms with Crippen molar-refractivity contribution in [3.63, 3.8) is 0 Å². The summed E-state index contributed by atoms with van der Waals surface area (Å²) in [4.78, 5) is 16.0. The third-order valence-electron chi connectivity index (χ3n) is 3.73. The maximum Gasteiger partial charge on any atom is 0.407 e. The SMILES string of the molecule is Cc1cnc([C@@H]2CC[C@@H](NC(=O)OCc3ccccc3)CO2)o1. The second kappa shape index (κ2) is 7.28. The number of oxazole rings is 1. The number of nitrogens with zero attached hydrogens (tertiary/aromatic N) is 1. The topological polar surface area (TPSA) is 73.6 Å². The van der Waals surface area contributed by atoms with Gasteiger partial charge in [0.15, 0.2) is 0 Å². The maximum atomic E-state index is 11.8. The van der Waals surface area contributed by atoms with E-state index in [9.17, 15) is 4.79 Å². The fourth-order valence-corrected chi connectivity index (χ4v) is 2.51. The molecule has 2 aromatic rings. The van der Waals surface area contributed by atoms with Crippen molar-refractivity contribution in [2.45, 2.75) is 38.5 Å². The van der Waals surface area contributed by atoms with E-state index in [0.717, 1.165) is 24.2 Å². The van der Waals surface area contributed by atoms with Gasteiger partial charge in [0.1, 0.15) is 18.5 Å². The number of hydrogen-bond acceptors (Lipinski definition) is 5. The highest BCUT2D eigenvalue weighted by Gasteiger charge is 2.27. The van der Waals surface area contributed by atoms with Gasteiger partial charge in [-0.25, -0.2) is 9.78 Å². The minimum atomic E-state index is -0.423. The first-order chi connectivity index (χ1) is 11.2. The van der Waals surface area contributed by atoms with Gasteiger partial charge in [-0.05, 0) is 25.3 Å². The van der Waals surface area contributed by atoms with Crippen molar-refractivity contribution in [3.8, 4) is 0 Å². The van der Waals surface area contributed by atoms with Crippen LogP contribution in [0, 0.1) is 6.92 Å². The molecule has 1 amide bonds. The van der Waals surface area contributed by atoms with Gasteiger partial charge >= 0.3 is 6.09 Å². The van der Waals surface area contributed by atoms with E-state index in [0.29, 0.717) is 12.5 Å². The van der Waals surface area contributed by atoms with Gasteiger partial charge in [-0.1, -0.05) is 30.3 Å². The van der Waals surface area contributed by atoms with Crippen molar-refractivity contribution < 1.29 is 18.7 Å². The lowest BCUT2D eigenvalue weighted by atomic mass is 10.1. The van der Waals surface area contributed by atoms with Crippen molar-refractivity contribution in [1.82, 2.24) is 10.3 Å². The molecule has 0 bridgehead atoms. The minimum Gasteiger partial charge on any atom is -0.445 e. The van der Waals surface area contributed by atoms with E-state index in [1.54, 1.807) is 6.20 Å². The van der Waals surface area contributed by atoms with Gasteiger partial charge in [-0.3, -0.25) is 0 Å². The van der Waals surface area contributed by atoms with Crippen LogP contribution in [-0.2, 0) is 16.1 Å². The third-order valence-corrected chi connectivity index (χ3v) is 3.73. The number of alkyl carbamates (subject to hydrolysis) is 1. The molecule has 1 saturated heterocycles. The molecule has 23 heavy (non-hydrogen) atoms. The van der Waals surface area contributed by atoms with Crippen molar-refractivity contribution in [3.05, 3.63) is 53.7 Å². The summed E-state index contributed by atoms with van der Waals surface area (Å²) in [6.07, 6.45) is 2.68. The molecule has 1 aliphatic rings. The summed E-state index contributed by atoms with van der Waals surface area (Å²) in [5, 5.41) is 2.83. The fraction of sp³-hybridized carbons (Fsp3) is 0.412. The Kier molecular flexibility index (Phi) is 4.92. The molecular weight excluding hydrogens is 296 g/mol. The predicted octanol–water partition coefficient (Wildman–Crippen LogP) is 3.13. The normalized spacial score (nSPS) is 20.9. The zero-order valence-electron chi connectivity index (χ0n) is 13.0. The lowest BCUT2D eigenvalue weighted by Crippen LogP contribution is -2.41. The number of amides is 1. The first-order valence-electron chi connectivity index (χ1n) is 7.72. The minimum absolute atomic E-state index is 0.0504. The standard InChI is InChI=1S/C17H20N2O4/c1-12-9-18-16(23-12)15-8-7-14(11-21-15)19-17(20)22-10-13-5-3-2-4-6-13/h2-6,9,14-15H,7-8,10-11H2,1H3,(H,19,20)/t14-,15+/m1/s1. The van der Waals surface area contributed by atoms with Gasteiger partial charge in [-0.15, -0.1) is 0 Å². The summed E-state index contributed by atoms with van der Waals surface area (Å²) in [6.45, 7) is 2.54. The van der Waals surface area contributed by atoms with E-state index in [1.165, 1.54) is 0 Å². The Hall–Kier alpha value is -2.34. The number of nitrogens with one attached hydrogen (secondary N) is 1. The Labute approximate surface area is 134 Å². The molecule has 0 spiro atoms. The van der Waals surface area contributed by atoms with E-state index in [2.05, 4.69) is 10.3 Å². The van der Waals surface area contributed by atoms with Crippen LogP contribution < -0.4 is 5.32 Å². The van der Waals surface area contributed by atoms with Crippen LogP contribution in [-0.4, -0.2) is 23.7 Å². The fourth-order valence-electron chi connectivity index (χ4n) is 2.51. The average Bonchev–Trinajstić information content (AvgIpc) is 3.01. The molecule has 1 aromatic heterocycles. The van der Waals surface area contributed by atoms with E-state index in [1.807, 2.05) is 37.3 Å². The Morgan fingerprint density at radius 2 is 2.17 bits per heavy atom. The molecule has 2 atom stereocenters. The lowest BCUT2D eigenvalue weighted by Gasteiger charge is -2.27. The summed E-state index contributed by atoms with van der Waals surface area (Å²) in [5.41, 5.74) is 0.960. The monoisotopic (exact) mass is 316 g/mol. The Bertz CT molecular complexity index is 633. The molecule has 2 heterocycles. The second-order valence-electron chi connectivity index (χ2n) is 5.61. The number of benzene rings is 1. The highest BCUT2D eigenvalue weighted by Crippen LogP contribution is 2.27. The first kappa shape index (κ1) is 15.6. The van der Waals surface area contributed by atoms with Crippen molar-refractivity contribution in [1.29, 1.82) is 0 Å². The number of aromatic nitrogens is 1. The molecule has 6 nitrogen and oxygen atoms in total. The molecule has 0 unspecified atom stereocenters. The van der Waals surface area contributed by atoms with Crippen LogP contribution in [0.4, 0.5) is 4.79 Å². The maximum absolute atomic E-state index is 11.8. The number of carbonyl (C=O) groups excluding carboxylic acids is 1. The molecular formula is C17H20N2O4. The van der Waals surface area contributed by atoms with Crippen molar-refractivity contribution in [2.24, 2.45) is 0 Å². The van der Waals surface area contributed by atoms with Crippen molar-refractivity contribution >= 4 is 6.09 Å². The zero-order valence-corrected chi connectivity index (χ0v) is 13.0. The summed E-state index contributed by atoms with van der Waals surface area (Å²) in [6, 6.07) is 9.53. The van der Waals surface area contributed by atoms with E-state index in [-0.39, 0.29) is 18.8 Å². The first-order valence-corrected chi connectivity index (χ1v) is 7.72. The highest BCUT2D eigenvalue weighted by atomic mass is 16.5. The third kappa shape index (κ3) is 4.32. The van der Waals surface area contributed by atoms with E-state index in [4.69, 9.17) is 13.9 Å². The molecule has 122 valence electrons. The predicted molar refractivity (Wildman–Crippen MR) is 82.7 cm³/mol. The van der Waals surface area contributed by atoms with Crippen LogP contribution in [0.3, 0.4) is 0 Å². The van der Waals surface area contributed by atoms with Crippen LogP contribution in [0.15, 0.2) is 40.9 Å². The number of carbonyl (C=O) groups is 1. The van der Waals surface area contributed by atoms with Gasteiger partial charge in [0.25, 0.3) is 0 Å². The number of rotatable bonds is 4. The number of aryl methyl sites for hydroxylation is 1. The van der Waals surface area contributed by atoms with Gasteiger partial charge in [0, 0.05) is 0 Å². The summed E-state index contributed by atoms with van der Waals surface area (Å²) in [7, 11) is 0. The van der Waals surface area contributed by atoms with Gasteiger partial charge < -0.3 is 19.2 Å². The Morgan fingerprint density at radius 1 is 1.35 bits per heavy atom. The molecule has 0 aliphatic carbocycles. The number of hydrogen-bond donors (Lipinski definition) is 1. The van der Waals surface area contributed by atoms with Crippen LogP contribution in [0.5, 0.6) is 0 Å². The van der Waals surface area contributed by atoms with Gasteiger partial charge in [-0.2, -0.15) is 0 Å². The molecule has 0 radical (unpaired) electrons. The molecule has 0 saturated carbocycles.